The van der Waals surface area contributed by atoms with E-state index in [1.54, 1.807) is 21.0 Å². The SMILES string of the molecule is CCOC(=O)C1=C(c2ccc(OC)cc2)SC(N)N=C1C.Cl. The maximum Gasteiger partial charge on any atom is 0.341 e. The van der Waals surface area contributed by atoms with Gasteiger partial charge in [0.15, 0.2) is 0 Å². The highest BCUT2D eigenvalue weighted by molar-refractivity contribution is 8.09. The molecule has 7 heteroatoms. The van der Waals surface area contributed by atoms with Crippen molar-refractivity contribution >= 4 is 40.8 Å². The highest BCUT2D eigenvalue weighted by Gasteiger charge is 2.27. The number of carbonyl (C=O) groups excluding carboxylic acids is 1. The number of thioether (sulfide) groups is 1. The van der Waals surface area contributed by atoms with E-state index in [-0.39, 0.29) is 18.4 Å². The fourth-order valence-corrected chi connectivity index (χ4v) is 3.10. The lowest BCUT2D eigenvalue weighted by molar-refractivity contribution is -0.137. The lowest BCUT2D eigenvalue weighted by Gasteiger charge is -2.21. The second-order valence-electron chi connectivity index (χ2n) is 4.38. The first-order valence-electron chi connectivity index (χ1n) is 6.59. The maximum atomic E-state index is 12.2. The number of esters is 1. The first-order chi connectivity index (χ1) is 10.1. The number of methoxy groups -OCH3 is 1. The lowest BCUT2D eigenvalue weighted by atomic mass is 10.1. The molecule has 1 unspecified atom stereocenters. The Hall–Kier alpha value is -1.50. The summed E-state index contributed by atoms with van der Waals surface area (Å²) in [5.74, 6) is 0.386. The second kappa shape index (κ2) is 8.22. The molecule has 1 aromatic carbocycles. The van der Waals surface area contributed by atoms with Crippen molar-refractivity contribution in [1.29, 1.82) is 0 Å². The number of nitrogens with two attached hydrogens (primary N) is 1. The number of hydrogen-bond donors (Lipinski definition) is 1. The maximum absolute atomic E-state index is 12.2. The van der Waals surface area contributed by atoms with Gasteiger partial charge in [-0.1, -0.05) is 23.9 Å². The van der Waals surface area contributed by atoms with Crippen LogP contribution in [0.2, 0.25) is 0 Å². The van der Waals surface area contributed by atoms with Crippen molar-refractivity contribution in [2.24, 2.45) is 10.7 Å². The molecule has 0 fully saturated rings. The van der Waals surface area contributed by atoms with Crippen LogP contribution in [-0.4, -0.2) is 30.9 Å². The molecule has 2 rings (SSSR count). The number of hydrogen-bond acceptors (Lipinski definition) is 6. The standard InChI is InChI=1S/C15H18N2O3S.ClH/c1-4-20-14(18)12-9(2)17-15(16)21-13(12)10-5-7-11(19-3)8-6-10;/h5-8,15H,4,16H2,1-3H3;1H. The van der Waals surface area contributed by atoms with E-state index in [4.69, 9.17) is 15.2 Å². The van der Waals surface area contributed by atoms with Gasteiger partial charge in [-0.25, -0.2) is 4.79 Å². The Morgan fingerprint density at radius 3 is 2.55 bits per heavy atom. The van der Waals surface area contributed by atoms with Gasteiger partial charge in [0.05, 0.1) is 25.0 Å². The molecule has 0 aromatic heterocycles. The smallest absolute Gasteiger partial charge is 0.341 e. The molecule has 2 N–H and O–H groups in total. The molecule has 22 heavy (non-hydrogen) atoms. The van der Waals surface area contributed by atoms with Crippen molar-refractivity contribution < 1.29 is 14.3 Å². The van der Waals surface area contributed by atoms with Gasteiger partial charge in [-0.3, -0.25) is 4.99 Å². The monoisotopic (exact) mass is 342 g/mol. The Morgan fingerprint density at radius 1 is 1.36 bits per heavy atom. The lowest BCUT2D eigenvalue weighted by Crippen LogP contribution is -2.24. The van der Waals surface area contributed by atoms with Crippen LogP contribution in [0, 0.1) is 0 Å². The van der Waals surface area contributed by atoms with Crippen LogP contribution in [0.1, 0.15) is 19.4 Å². The summed E-state index contributed by atoms with van der Waals surface area (Å²) in [5, 5.41) is 0. The van der Waals surface area contributed by atoms with Crippen LogP contribution in [0.25, 0.3) is 4.91 Å². The summed E-state index contributed by atoms with van der Waals surface area (Å²) in [4.78, 5) is 17.2. The molecule has 1 aliphatic rings. The van der Waals surface area contributed by atoms with Crippen LogP contribution >= 0.6 is 24.2 Å². The Balaban J connectivity index is 0.00000242. The summed E-state index contributed by atoms with van der Waals surface area (Å²) in [6.07, 6.45) is 0. The number of benzene rings is 1. The van der Waals surface area contributed by atoms with Crippen LogP contribution in [0.5, 0.6) is 5.75 Å². The molecule has 0 radical (unpaired) electrons. The van der Waals surface area contributed by atoms with Gasteiger partial charge in [0, 0.05) is 4.91 Å². The molecule has 0 saturated carbocycles. The van der Waals surface area contributed by atoms with E-state index in [2.05, 4.69) is 4.99 Å². The molecule has 0 bridgehead atoms. The highest BCUT2D eigenvalue weighted by atomic mass is 35.5. The molecular formula is C15H19ClN2O3S. The molecule has 120 valence electrons. The summed E-state index contributed by atoms with van der Waals surface area (Å²) in [7, 11) is 1.61. The number of carbonyl (C=O) groups is 1. The normalized spacial score (nSPS) is 17.5. The predicted octanol–water partition coefficient (Wildman–Crippen LogP) is 2.84. The van der Waals surface area contributed by atoms with Crippen LogP contribution < -0.4 is 10.5 Å². The van der Waals surface area contributed by atoms with Crippen LogP contribution in [-0.2, 0) is 9.53 Å². The number of rotatable bonds is 4. The zero-order valence-electron chi connectivity index (χ0n) is 12.7. The number of nitrogens with zero attached hydrogens (tertiary/aromatic N) is 1. The van der Waals surface area contributed by atoms with E-state index in [0.717, 1.165) is 16.2 Å². The molecule has 5 nitrogen and oxygen atoms in total. The number of halogens is 1. The molecule has 1 aromatic rings. The van der Waals surface area contributed by atoms with Gasteiger partial charge in [0.25, 0.3) is 0 Å². The van der Waals surface area contributed by atoms with E-state index in [0.29, 0.717) is 17.9 Å². The predicted molar refractivity (Wildman–Crippen MR) is 92.5 cm³/mol. The fraction of sp³-hybridized carbons (Fsp3) is 0.333. The van der Waals surface area contributed by atoms with E-state index in [1.165, 1.54) is 11.8 Å². The first kappa shape index (κ1) is 18.5. The van der Waals surface area contributed by atoms with E-state index in [9.17, 15) is 4.79 Å². The van der Waals surface area contributed by atoms with Crippen molar-refractivity contribution in [3.63, 3.8) is 0 Å². The minimum Gasteiger partial charge on any atom is -0.497 e. The van der Waals surface area contributed by atoms with Gasteiger partial charge in [0.1, 0.15) is 11.2 Å². The van der Waals surface area contributed by atoms with Crippen LogP contribution in [0.15, 0.2) is 34.8 Å². The molecule has 1 atom stereocenters. The Morgan fingerprint density at radius 2 is 2.00 bits per heavy atom. The highest BCUT2D eigenvalue weighted by Crippen LogP contribution is 2.38. The molecule has 0 spiro atoms. The Bertz CT molecular complexity index is 599. The average Bonchev–Trinajstić information content (AvgIpc) is 2.46. The number of aliphatic imine (C=N–C) groups is 1. The number of ether oxygens (including phenoxy) is 2. The molecule has 1 aliphatic heterocycles. The third-order valence-electron chi connectivity index (χ3n) is 2.98. The van der Waals surface area contributed by atoms with Gasteiger partial charge in [0.2, 0.25) is 0 Å². The fourth-order valence-electron chi connectivity index (χ4n) is 2.02. The molecule has 1 heterocycles. The molecular weight excluding hydrogens is 324 g/mol. The van der Waals surface area contributed by atoms with Crippen LogP contribution in [0.3, 0.4) is 0 Å². The van der Waals surface area contributed by atoms with E-state index < -0.39 is 5.50 Å². The minimum atomic E-state index is -0.416. The van der Waals surface area contributed by atoms with E-state index >= 15 is 0 Å². The topological polar surface area (TPSA) is 73.9 Å². The van der Waals surface area contributed by atoms with E-state index in [1.807, 2.05) is 24.3 Å². The summed E-state index contributed by atoms with van der Waals surface area (Å²) in [5.41, 5.74) is 7.47. The molecule has 0 aliphatic carbocycles. The van der Waals surface area contributed by atoms with Gasteiger partial charge in [-0.05, 0) is 31.5 Å². The van der Waals surface area contributed by atoms with Gasteiger partial charge in [-0.15, -0.1) is 12.4 Å². The Kier molecular flexibility index (Phi) is 6.93. The van der Waals surface area contributed by atoms with Crippen molar-refractivity contribution in [3.8, 4) is 5.75 Å². The second-order valence-corrected chi connectivity index (χ2v) is 5.50. The molecule has 0 saturated heterocycles. The van der Waals surface area contributed by atoms with Crippen LogP contribution in [0.4, 0.5) is 0 Å². The zero-order chi connectivity index (χ0) is 15.4. The largest absolute Gasteiger partial charge is 0.497 e. The average molecular weight is 343 g/mol. The van der Waals surface area contributed by atoms with Crippen molar-refractivity contribution in [2.45, 2.75) is 19.3 Å². The van der Waals surface area contributed by atoms with Crippen molar-refractivity contribution in [1.82, 2.24) is 0 Å². The first-order valence-corrected chi connectivity index (χ1v) is 7.47. The molecule has 0 amide bonds. The van der Waals surface area contributed by atoms with Gasteiger partial charge in [-0.2, -0.15) is 0 Å². The Labute approximate surface area is 140 Å². The van der Waals surface area contributed by atoms with Crippen molar-refractivity contribution in [2.75, 3.05) is 13.7 Å². The third-order valence-corrected chi connectivity index (χ3v) is 4.00. The van der Waals surface area contributed by atoms with Gasteiger partial charge >= 0.3 is 5.97 Å². The summed E-state index contributed by atoms with van der Waals surface area (Å²) < 4.78 is 10.3. The van der Waals surface area contributed by atoms with Crippen molar-refractivity contribution in [3.05, 3.63) is 35.4 Å². The third kappa shape index (κ3) is 4.03. The summed E-state index contributed by atoms with van der Waals surface area (Å²) >= 11 is 1.35. The zero-order valence-corrected chi connectivity index (χ0v) is 14.3. The van der Waals surface area contributed by atoms with Gasteiger partial charge < -0.3 is 15.2 Å². The summed E-state index contributed by atoms with van der Waals surface area (Å²) in [6, 6.07) is 7.48. The minimum absolute atomic E-state index is 0. The quantitative estimate of drug-likeness (QED) is 0.852. The summed E-state index contributed by atoms with van der Waals surface area (Å²) in [6.45, 7) is 3.87.